The summed E-state index contributed by atoms with van der Waals surface area (Å²) in [4.78, 5) is 19.9. The topological polar surface area (TPSA) is 123 Å². The summed E-state index contributed by atoms with van der Waals surface area (Å²) in [7, 11) is 4.29. The third-order valence-electron chi connectivity index (χ3n) is 3.65. The summed E-state index contributed by atoms with van der Waals surface area (Å²) in [6.45, 7) is 0. The highest BCUT2D eigenvalue weighted by Crippen LogP contribution is 2.43. The molecule has 0 N–H and O–H groups in total. The number of hydrogen-bond donors (Lipinski definition) is 0. The number of ether oxygens (including phenoxy) is 4. The molecule has 10 nitrogen and oxygen atoms in total. The highest BCUT2D eigenvalue weighted by Gasteiger charge is 2.16. The Morgan fingerprint density at radius 1 is 0.724 bits per heavy atom. The van der Waals surface area contributed by atoms with Gasteiger partial charge in [-0.15, -0.1) is 0 Å². The molecule has 10 heteroatoms. The first kappa shape index (κ1) is 21.2. The molecule has 0 spiro atoms. The second kappa shape index (κ2) is 9.74. The minimum atomic E-state index is -0.586. The van der Waals surface area contributed by atoms with Gasteiger partial charge in [0.1, 0.15) is 0 Å². The van der Waals surface area contributed by atoms with E-state index < -0.39 is 9.85 Å². The Balaban J connectivity index is 2.47. The molecular formula is C19H18N2O8. The molecule has 0 saturated carbocycles. The van der Waals surface area contributed by atoms with Crippen molar-refractivity contribution in [2.45, 2.75) is 0 Å². The van der Waals surface area contributed by atoms with Crippen LogP contribution in [0.4, 0.5) is 0 Å². The van der Waals surface area contributed by atoms with Crippen LogP contribution in [0.3, 0.4) is 0 Å². The van der Waals surface area contributed by atoms with Crippen LogP contribution < -0.4 is 18.9 Å². The number of hydrogen-bond acceptors (Lipinski definition) is 8. The lowest BCUT2D eigenvalue weighted by Crippen LogP contribution is -1.97. The van der Waals surface area contributed by atoms with Crippen molar-refractivity contribution in [1.82, 2.24) is 0 Å². The molecule has 0 fully saturated rings. The van der Waals surface area contributed by atoms with Gasteiger partial charge in [0.15, 0.2) is 23.0 Å². The normalized spacial score (nSPS) is 10.9. The fraction of sp³-hybridized carbons (Fsp3) is 0.158. The highest BCUT2D eigenvalue weighted by atomic mass is 16.6. The van der Waals surface area contributed by atoms with Crippen molar-refractivity contribution >= 4 is 12.2 Å². The molecule has 152 valence electrons. The van der Waals surface area contributed by atoms with Gasteiger partial charge in [0.25, 0.3) is 0 Å². The average molecular weight is 402 g/mol. The van der Waals surface area contributed by atoms with Crippen molar-refractivity contribution in [2.75, 3.05) is 21.3 Å². The zero-order valence-electron chi connectivity index (χ0n) is 15.9. The lowest BCUT2D eigenvalue weighted by atomic mass is 10.1. The Kier molecular flexibility index (Phi) is 7.13. The second-order valence-electron chi connectivity index (χ2n) is 5.47. The Labute approximate surface area is 165 Å². The van der Waals surface area contributed by atoms with Gasteiger partial charge in [-0.1, -0.05) is 6.07 Å². The molecule has 2 aromatic carbocycles. The number of methoxy groups -OCH3 is 3. The molecule has 29 heavy (non-hydrogen) atoms. The number of benzene rings is 2. The summed E-state index contributed by atoms with van der Waals surface area (Å²) in [5.41, 5.74) is 0.997. The van der Waals surface area contributed by atoms with Crippen LogP contribution in [0.15, 0.2) is 42.7 Å². The van der Waals surface area contributed by atoms with E-state index in [0.29, 0.717) is 28.4 Å². The van der Waals surface area contributed by atoms with Gasteiger partial charge < -0.3 is 18.9 Å². The summed E-state index contributed by atoms with van der Waals surface area (Å²) in [6.07, 6.45) is 4.22. The zero-order valence-corrected chi connectivity index (χ0v) is 15.9. The fourth-order valence-electron chi connectivity index (χ4n) is 2.41. The quantitative estimate of drug-likeness (QED) is 0.455. The molecule has 0 aliphatic heterocycles. The Morgan fingerprint density at radius 3 is 1.83 bits per heavy atom. The fourth-order valence-corrected chi connectivity index (χ4v) is 2.41. The second-order valence-corrected chi connectivity index (χ2v) is 5.47. The van der Waals surface area contributed by atoms with Gasteiger partial charge in [-0.2, -0.15) is 0 Å². The summed E-state index contributed by atoms with van der Waals surface area (Å²) in [5.74, 6) is 1.47. The Hall–Kier alpha value is -4.08. The highest BCUT2D eigenvalue weighted by molar-refractivity contribution is 5.63. The largest absolute Gasteiger partial charge is 0.493 e. The standard InChI is InChI=1S/C19H18N2O8/c1-26-16-10-13(6-8-20(22)23)4-5-15(16)29-18-12-14(7-9-21(24)25)11-17(27-2)19(18)28-3/h4-12H,1-3H3/b8-6+,9-7+. The van der Waals surface area contributed by atoms with Crippen LogP contribution in [0.5, 0.6) is 28.7 Å². The van der Waals surface area contributed by atoms with Crippen LogP contribution in [0, 0.1) is 20.2 Å². The molecule has 0 aliphatic rings. The number of rotatable bonds is 9. The molecule has 0 saturated heterocycles. The van der Waals surface area contributed by atoms with Gasteiger partial charge >= 0.3 is 0 Å². The van der Waals surface area contributed by atoms with Crippen molar-refractivity contribution in [3.63, 3.8) is 0 Å². The first-order valence-corrected chi connectivity index (χ1v) is 8.13. The molecule has 0 atom stereocenters. The van der Waals surface area contributed by atoms with Gasteiger partial charge in [0.2, 0.25) is 18.1 Å². The van der Waals surface area contributed by atoms with Gasteiger partial charge in [-0.05, 0) is 35.4 Å². The first-order chi connectivity index (χ1) is 13.9. The SMILES string of the molecule is COc1cc(/C=C/[N+](=O)[O-])ccc1Oc1cc(/C=C/[N+](=O)[O-])cc(OC)c1OC. The van der Waals surface area contributed by atoms with Crippen LogP contribution in [0.25, 0.3) is 12.2 Å². The van der Waals surface area contributed by atoms with Gasteiger partial charge in [-0.25, -0.2) is 0 Å². The molecule has 0 heterocycles. The van der Waals surface area contributed by atoms with Crippen molar-refractivity contribution in [3.05, 3.63) is 74.1 Å². The van der Waals surface area contributed by atoms with E-state index in [2.05, 4.69) is 0 Å². The molecule has 0 unspecified atom stereocenters. The molecule has 0 radical (unpaired) electrons. The molecule has 2 aromatic rings. The number of nitrogens with zero attached hydrogens (tertiary/aromatic N) is 2. The third kappa shape index (κ3) is 5.70. The monoisotopic (exact) mass is 402 g/mol. The maximum absolute atomic E-state index is 10.6. The predicted molar refractivity (Wildman–Crippen MR) is 105 cm³/mol. The van der Waals surface area contributed by atoms with Crippen LogP contribution in [-0.4, -0.2) is 31.2 Å². The van der Waals surface area contributed by atoms with Crippen molar-refractivity contribution in [3.8, 4) is 28.7 Å². The van der Waals surface area contributed by atoms with E-state index in [4.69, 9.17) is 18.9 Å². The summed E-state index contributed by atoms with van der Waals surface area (Å²) < 4.78 is 21.8. The van der Waals surface area contributed by atoms with Crippen LogP contribution in [0.2, 0.25) is 0 Å². The lowest BCUT2D eigenvalue weighted by Gasteiger charge is -2.16. The van der Waals surface area contributed by atoms with Crippen molar-refractivity contribution in [1.29, 1.82) is 0 Å². The van der Waals surface area contributed by atoms with E-state index in [-0.39, 0.29) is 11.5 Å². The average Bonchev–Trinajstić information content (AvgIpc) is 2.70. The summed E-state index contributed by atoms with van der Waals surface area (Å²) in [5, 5.41) is 21.1. The Bertz CT molecular complexity index is 969. The smallest absolute Gasteiger partial charge is 0.235 e. The minimum absolute atomic E-state index is 0.238. The van der Waals surface area contributed by atoms with Crippen molar-refractivity contribution < 1.29 is 28.8 Å². The van der Waals surface area contributed by atoms with Gasteiger partial charge in [0, 0.05) is 12.2 Å². The molecule has 0 amide bonds. The van der Waals surface area contributed by atoms with E-state index in [0.717, 1.165) is 12.4 Å². The molecule has 0 aliphatic carbocycles. The van der Waals surface area contributed by atoms with Crippen molar-refractivity contribution in [2.24, 2.45) is 0 Å². The maximum atomic E-state index is 10.6. The molecular weight excluding hydrogens is 384 g/mol. The van der Waals surface area contributed by atoms with E-state index in [1.165, 1.54) is 33.5 Å². The maximum Gasteiger partial charge on any atom is 0.235 e. The molecule has 2 rings (SSSR count). The van der Waals surface area contributed by atoms with Crippen LogP contribution >= 0.6 is 0 Å². The van der Waals surface area contributed by atoms with E-state index in [9.17, 15) is 20.2 Å². The predicted octanol–water partition coefficient (Wildman–Crippen LogP) is 4.00. The summed E-state index contributed by atoms with van der Waals surface area (Å²) >= 11 is 0. The van der Waals surface area contributed by atoms with E-state index >= 15 is 0 Å². The van der Waals surface area contributed by atoms with Crippen LogP contribution in [0.1, 0.15) is 11.1 Å². The lowest BCUT2D eigenvalue weighted by molar-refractivity contribution is -0.401. The molecule has 0 aromatic heterocycles. The number of nitro groups is 2. The van der Waals surface area contributed by atoms with E-state index in [1.807, 2.05) is 0 Å². The molecule has 0 bridgehead atoms. The van der Waals surface area contributed by atoms with E-state index in [1.54, 1.807) is 30.3 Å². The first-order valence-electron chi connectivity index (χ1n) is 8.13. The third-order valence-corrected chi connectivity index (χ3v) is 3.65. The Morgan fingerprint density at radius 2 is 1.28 bits per heavy atom. The minimum Gasteiger partial charge on any atom is -0.493 e. The van der Waals surface area contributed by atoms with Gasteiger partial charge in [0.05, 0.1) is 31.2 Å². The van der Waals surface area contributed by atoms with Gasteiger partial charge in [-0.3, -0.25) is 20.2 Å². The van der Waals surface area contributed by atoms with Crippen LogP contribution in [-0.2, 0) is 0 Å². The zero-order chi connectivity index (χ0) is 21.4. The summed E-state index contributed by atoms with van der Waals surface area (Å²) in [6, 6.07) is 7.85.